The van der Waals surface area contributed by atoms with Crippen molar-refractivity contribution in [3.63, 3.8) is 0 Å². The molecule has 1 amide bonds. The number of ether oxygens (including phenoxy) is 1. The Morgan fingerprint density at radius 2 is 1.79 bits per heavy atom. The predicted octanol–water partition coefficient (Wildman–Crippen LogP) is 3.18. The molecule has 4 nitrogen and oxygen atoms in total. The monoisotopic (exact) mass is 271 g/mol. The van der Waals surface area contributed by atoms with Gasteiger partial charge in [0.05, 0.1) is 12.1 Å². The molecule has 1 aliphatic heterocycles. The van der Waals surface area contributed by atoms with Crippen molar-refractivity contribution in [1.82, 2.24) is 4.90 Å². The summed E-state index contributed by atoms with van der Waals surface area (Å²) in [6.07, 6.45) is 2.04. The highest BCUT2D eigenvalue weighted by Crippen LogP contribution is 2.30. The SMILES string of the molecule is CC(C)(C)OC(=O)N1CCCC[C@H]1[C@@H](O)C(C)(C)C. The van der Waals surface area contributed by atoms with Crippen LogP contribution in [0.5, 0.6) is 0 Å². The molecule has 0 aromatic carbocycles. The molecule has 1 aliphatic rings. The maximum atomic E-state index is 12.2. The second-order valence-corrected chi connectivity index (χ2v) is 7.55. The summed E-state index contributed by atoms with van der Waals surface area (Å²) in [5.41, 5.74) is -0.728. The second kappa shape index (κ2) is 5.70. The molecule has 0 radical (unpaired) electrons. The van der Waals surface area contributed by atoms with Crippen LogP contribution in [-0.2, 0) is 4.74 Å². The van der Waals surface area contributed by atoms with Crippen molar-refractivity contribution in [2.45, 2.75) is 78.6 Å². The maximum Gasteiger partial charge on any atom is 0.410 e. The number of amides is 1. The van der Waals surface area contributed by atoms with Gasteiger partial charge in [-0.2, -0.15) is 0 Å². The summed E-state index contributed by atoms with van der Waals surface area (Å²) in [6.45, 7) is 12.3. The first kappa shape index (κ1) is 16.3. The standard InChI is InChI=1S/C15H29NO3/c1-14(2,3)12(17)11-9-7-8-10-16(11)13(18)19-15(4,5)6/h11-12,17H,7-10H2,1-6H3/t11-,12+/m0/s1. The molecular formula is C15H29NO3. The third-order valence-electron chi connectivity index (χ3n) is 3.43. The van der Waals surface area contributed by atoms with Gasteiger partial charge in [0.1, 0.15) is 5.60 Å². The molecule has 19 heavy (non-hydrogen) atoms. The number of hydrogen-bond acceptors (Lipinski definition) is 3. The summed E-state index contributed by atoms with van der Waals surface area (Å²) >= 11 is 0. The number of carbonyl (C=O) groups is 1. The van der Waals surface area contributed by atoms with Gasteiger partial charge >= 0.3 is 6.09 Å². The van der Waals surface area contributed by atoms with E-state index in [-0.39, 0.29) is 17.6 Å². The second-order valence-electron chi connectivity index (χ2n) is 7.55. The van der Waals surface area contributed by atoms with Gasteiger partial charge in [0.25, 0.3) is 0 Å². The zero-order chi connectivity index (χ0) is 14.8. The molecule has 4 heteroatoms. The minimum Gasteiger partial charge on any atom is -0.444 e. The molecule has 1 rings (SSSR count). The molecule has 0 saturated carbocycles. The first-order chi connectivity index (χ1) is 8.52. The molecule has 0 aromatic heterocycles. The first-order valence-electron chi connectivity index (χ1n) is 7.20. The van der Waals surface area contributed by atoms with Gasteiger partial charge in [0.15, 0.2) is 0 Å². The Kier molecular flexibility index (Phi) is 4.88. The van der Waals surface area contributed by atoms with Crippen LogP contribution in [0.1, 0.15) is 60.8 Å². The molecule has 1 N–H and O–H groups in total. The minimum absolute atomic E-state index is 0.136. The molecule has 1 fully saturated rings. The highest BCUT2D eigenvalue weighted by molar-refractivity contribution is 5.68. The van der Waals surface area contributed by atoms with Crippen LogP contribution in [0.4, 0.5) is 4.79 Å². The van der Waals surface area contributed by atoms with Gasteiger partial charge in [-0.25, -0.2) is 4.79 Å². The zero-order valence-electron chi connectivity index (χ0n) is 13.2. The van der Waals surface area contributed by atoms with Crippen LogP contribution in [0.3, 0.4) is 0 Å². The number of aliphatic hydroxyl groups is 1. The Morgan fingerprint density at radius 1 is 1.21 bits per heavy atom. The molecule has 0 bridgehead atoms. The summed E-state index contributed by atoms with van der Waals surface area (Å²) < 4.78 is 5.45. The van der Waals surface area contributed by atoms with E-state index < -0.39 is 11.7 Å². The van der Waals surface area contributed by atoms with Crippen LogP contribution in [0, 0.1) is 5.41 Å². The van der Waals surface area contributed by atoms with Crippen LogP contribution in [0.2, 0.25) is 0 Å². The fourth-order valence-electron chi connectivity index (χ4n) is 2.41. The number of likely N-dealkylation sites (tertiary alicyclic amines) is 1. The van der Waals surface area contributed by atoms with E-state index in [1.54, 1.807) is 4.90 Å². The van der Waals surface area contributed by atoms with Crippen molar-refractivity contribution in [2.24, 2.45) is 5.41 Å². The molecule has 1 saturated heterocycles. The van der Waals surface area contributed by atoms with Crippen molar-refractivity contribution < 1.29 is 14.6 Å². The van der Waals surface area contributed by atoms with E-state index >= 15 is 0 Å². The lowest BCUT2D eigenvalue weighted by atomic mass is 9.81. The van der Waals surface area contributed by atoms with E-state index in [4.69, 9.17) is 4.74 Å². The molecule has 0 spiro atoms. The highest BCUT2D eigenvalue weighted by atomic mass is 16.6. The molecule has 112 valence electrons. The quantitative estimate of drug-likeness (QED) is 0.797. The Bertz CT molecular complexity index is 314. The minimum atomic E-state index is -0.527. The lowest BCUT2D eigenvalue weighted by Gasteiger charge is -2.42. The lowest BCUT2D eigenvalue weighted by molar-refractivity contribution is -0.0467. The average Bonchev–Trinajstić information content (AvgIpc) is 2.24. The summed E-state index contributed by atoms with van der Waals surface area (Å²) in [5.74, 6) is 0. The van der Waals surface area contributed by atoms with Gasteiger partial charge in [-0.15, -0.1) is 0 Å². The summed E-state index contributed by atoms with van der Waals surface area (Å²) in [6, 6.07) is -0.136. The Morgan fingerprint density at radius 3 is 2.26 bits per heavy atom. The molecule has 0 unspecified atom stereocenters. The number of carbonyl (C=O) groups excluding carboxylic acids is 1. The van der Waals surface area contributed by atoms with Crippen molar-refractivity contribution >= 4 is 6.09 Å². The topological polar surface area (TPSA) is 49.8 Å². The van der Waals surface area contributed by atoms with Crippen LogP contribution in [0.25, 0.3) is 0 Å². The van der Waals surface area contributed by atoms with Gasteiger partial charge in [0.2, 0.25) is 0 Å². The number of rotatable bonds is 1. The molecule has 1 heterocycles. The summed E-state index contributed by atoms with van der Waals surface area (Å²) in [7, 11) is 0. The number of hydrogen-bond donors (Lipinski definition) is 1. The molecule has 0 aliphatic carbocycles. The van der Waals surface area contributed by atoms with Crippen molar-refractivity contribution in [3.8, 4) is 0 Å². The third kappa shape index (κ3) is 4.68. The van der Waals surface area contributed by atoms with Gasteiger partial charge < -0.3 is 14.7 Å². The van der Waals surface area contributed by atoms with Gasteiger partial charge in [-0.1, -0.05) is 20.8 Å². The molecule has 2 atom stereocenters. The van der Waals surface area contributed by atoms with Crippen LogP contribution < -0.4 is 0 Å². The Labute approximate surface area is 117 Å². The summed E-state index contributed by atoms with van der Waals surface area (Å²) in [5, 5.41) is 10.5. The molecular weight excluding hydrogens is 242 g/mol. The van der Waals surface area contributed by atoms with E-state index in [2.05, 4.69) is 0 Å². The van der Waals surface area contributed by atoms with E-state index in [1.807, 2.05) is 41.5 Å². The average molecular weight is 271 g/mol. The Hall–Kier alpha value is -0.770. The van der Waals surface area contributed by atoms with Crippen LogP contribution in [-0.4, -0.2) is 40.4 Å². The van der Waals surface area contributed by atoms with E-state index in [0.29, 0.717) is 6.54 Å². The largest absolute Gasteiger partial charge is 0.444 e. The zero-order valence-corrected chi connectivity index (χ0v) is 13.2. The number of aliphatic hydroxyl groups excluding tert-OH is 1. The highest BCUT2D eigenvalue weighted by Gasteiger charge is 2.39. The fraction of sp³-hybridized carbons (Fsp3) is 0.933. The smallest absolute Gasteiger partial charge is 0.410 e. The maximum absolute atomic E-state index is 12.2. The van der Waals surface area contributed by atoms with Gasteiger partial charge in [-0.3, -0.25) is 0 Å². The Balaban J connectivity index is 2.81. The summed E-state index contributed by atoms with van der Waals surface area (Å²) in [4.78, 5) is 14.0. The van der Waals surface area contributed by atoms with Crippen molar-refractivity contribution in [3.05, 3.63) is 0 Å². The van der Waals surface area contributed by atoms with E-state index in [1.165, 1.54) is 0 Å². The van der Waals surface area contributed by atoms with Crippen molar-refractivity contribution in [2.75, 3.05) is 6.54 Å². The van der Waals surface area contributed by atoms with E-state index in [9.17, 15) is 9.90 Å². The van der Waals surface area contributed by atoms with Crippen LogP contribution >= 0.6 is 0 Å². The fourth-order valence-corrected chi connectivity index (χ4v) is 2.41. The predicted molar refractivity (Wildman–Crippen MR) is 76.0 cm³/mol. The van der Waals surface area contributed by atoms with Gasteiger partial charge in [-0.05, 0) is 45.4 Å². The van der Waals surface area contributed by atoms with E-state index in [0.717, 1.165) is 19.3 Å². The normalized spacial score (nSPS) is 23.1. The molecule has 0 aromatic rings. The third-order valence-corrected chi connectivity index (χ3v) is 3.43. The van der Waals surface area contributed by atoms with Crippen molar-refractivity contribution in [1.29, 1.82) is 0 Å². The number of nitrogens with zero attached hydrogens (tertiary/aromatic N) is 1. The number of piperidine rings is 1. The first-order valence-corrected chi connectivity index (χ1v) is 7.20. The lowest BCUT2D eigenvalue weighted by Crippen LogP contribution is -2.54. The van der Waals surface area contributed by atoms with Crippen LogP contribution in [0.15, 0.2) is 0 Å². The van der Waals surface area contributed by atoms with Gasteiger partial charge in [0, 0.05) is 6.54 Å².